The van der Waals surface area contributed by atoms with Gasteiger partial charge in [0.15, 0.2) is 0 Å². The van der Waals surface area contributed by atoms with Gasteiger partial charge in [-0.1, -0.05) is 12.1 Å². The summed E-state index contributed by atoms with van der Waals surface area (Å²) in [5.74, 6) is -2.53. The van der Waals surface area contributed by atoms with Crippen molar-refractivity contribution in [1.29, 1.82) is 0 Å². The van der Waals surface area contributed by atoms with Crippen molar-refractivity contribution >= 4 is 22.8 Å². The van der Waals surface area contributed by atoms with E-state index in [0.29, 0.717) is 10.9 Å². The zero-order valence-electron chi connectivity index (χ0n) is 10.8. The molecule has 0 unspecified atom stereocenters. The number of benzene rings is 1. The molecule has 0 aliphatic carbocycles. The Morgan fingerprint density at radius 1 is 1.17 bits per heavy atom. The number of rotatable bonds is 2. The van der Waals surface area contributed by atoms with Gasteiger partial charge < -0.3 is 20.5 Å². The van der Waals surface area contributed by atoms with Crippen molar-refractivity contribution in [3.8, 4) is 0 Å². The molecule has 1 rings (SSSR count). The van der Waals surface area contributed by atoms with E-state index < -0.39 is 11.9 Å². The molecule has 0 radical (unpaired) electrons. The third kappa shape index (κ3) is 11.2. The molecule has 0 spiro atoms. The molecule has 0 fully saturated rings. The summed E-state index contributed by atoms with van der Waals surface area (Å²) in [7, 11) is 0.639. The van der Waals surface area contributed by atoms with Crippen molar-refractivity contribution in [2.75, 3.05) is 18.8 Å². The molecule has 96 valence electrons. The summed E-state index contributed by atoms with van der Waals surface area (Å²) in [5, 5.41) is 18.7. The van der Waals surface area contributed by atoms with E-state index in [1.54, 1.807) is 0 Å². The predicted molar refractivity (Wildman–Crippen MR) is 64.8 cm³/mol. The van der Waals surface area contributed by atoms with Crippen LogP contribution in [-0.4, -0.2) is 41.3 Å². The van der Waals surface area contributed by atoms with Gasteiger partial charge >= 0.3 is 57.4 Å². The summed E-state index contributed by atoms with van der Waals surface area (Å²) in [4.78, 5) is 20.6. The van der Waals surface area contributed by atoms with Gasteiger partial charge in [0, 0.05) is 0 Å². The Bertz CT molecular complexity index is 349. The summed E-state index contributed by atoms with van der Waals surface area (Å²) in [6.45, 7) is 0. The van der Waals surface area contributed by atoms with Crippen molar-refractivity contribution in [3.63, 3.8) is 0 Å². The fourth-order valence-corrected chi connectivity index (χ4v) is 0.779. The summed E-state index contributed by atoms with van der Waals surface area (Å²) in [6.07, 6.45) is 6.58. The summed E-state index contributed by atoms with van der Waals surface area (Å²) in [5.41, 5.74) is -0.188. The average Bonchev–Trinajstić information content (AvgIpc) is 2.17. The number of carboxylic acids is 2. The molecule has 0 saturated carbocycles. The van der Waals surface area contributed by atoms with Crippen LogP contribution in [0.3, 0.4) is 0 Å². The number of hydrogen-bond donors (Lipinski definition) is 1. The Morgan fingerprint density at radius 3 is 1.89 bits per heavy atom. The Labute approximate surface area is 152 Å². The second-order valence-electron chi connectivity index (χ2n) is 3.40. The quantitative estimate of drug-likeness (QED) is 0.464. The van der Waals surface area contributed by atoms with Crippen LogP contribution in [0.5, 0.6) is 0 Å². The molecule has 1 aromatic carbocycles. The van der Waals surface area contributed by atoms with Gasteiger partial charge in [0.2, 0.25) is 0 Å². The molecule has 7 heteroatoms. The summed E-state index contributed by atoms with van der Waals surface area (Å²) in [6, 6.07) is 5.00. The molecular formula is C11H15KO5S. The van der Waals surface area contributed by atoms with E-state index in [-0.39, 0.29) is 68.0 Å². The van der Waals surface area contributed by atoms with E-state index in [0.717, 1.165) is 6.07 Å². The number of carbonyl (C=O) groups is 2. The van der Waals surface area contributed by atoms with Crippen molar-refractivity contribution in [2.45, 2.75) is 0 Å². The molecule has 0 atom stereocenters. The first kappa shape index (κ1) is 23.2. The maximum atomic E-state index is 10.4. The molecule has 0 aromatic heterocycles. The Balaban J connectivity index is -0.000000332. The number of carbonyl (C=O) groups excluding carboxylic acids is 1. The van der Waals surface area contributed by atoms with Crippen molar-refractivity contribution in [3.05, 3.63) is 35.4 Å². The van der Waals surface area contributed by atoms with Crippen molar-refractivity contribution in [1.82, 2.24) is 0 Å². The second kappa shape index (κ2) is 12.2. The number of aromatic carboxylic acids is 2. The van der Waals surface area contributed by atoms with Gasteiger partial charge in [-0.05, 0) is 28.6 Å². The van der Waals surface area contributed by atoms with Gasteiger partial charge in [0.25, 0.3) is 0 Å². The van der Waals surface area contributed by atoms with Gasteiger partial charge in [-0.2, -0.15) is 0 Å². The Hall–Kier alpha value is 0.106. The number of hydrogen-bond acceptors (Lipinski definition) is 4. The minimum atomic E-state index is -1.38. The van der Waals surface area contributed by atoms with E-state index >= 15 is 0 Å². The van der Waals surface area contributed by atoms with Gasteiger partial charge in [0.05, 0.1) is 30.3 Å². The molecule has 1 aromatic rings. The smallest absolute Gasteiger partial charge is 0.870 e. The van der Waals surface area contributed by atoms with E-state index in [4.69, 9.17) is 5.11 Å². The van der Waals surface area contributed by atoms with Crippen LogP contribution in [0.4, 0.5) is 0 Å². The Morgan fingerprint density at radius 2 is 1.56 bits per heavy atom. The van der Waals surface area contributed by atoms with Gasteiger partial charge in [-0.3, -0.25) is 0 Å². The zero-order chi connectivity index (χ0) is 12.7. The maximum absolute atomic E-state index is 10.4. The van der Waals surface area contributed by atoms with Crippen LogP contribution in [0.1, 0.15) is 20.7 Å². The van der Waals surface area contributed by atoms with E-state index in [1.165, 1.54) is 18.2 Å². The van der Waals surface area contributed by atoms with Crippen LogP contribution in [-0.2, 0) is 10.9 Å². The summed E-state index contributed by atoms with van der Waals surface area (Å²) < 4.78 is 0. The third-order valence-electron chi connectivity index (χ3n) is 1.35. The Kier molecular flexibility index (Phi) is 15.7. The molecule has 0 aliphatic rings. The van der Waals surface area contributed by atoms with Crippen LogP contribution in [0.15, 0.2) is 24.3 Å². The topological polar surface area (TPSA) is 107 Å². The molecule has 0 saturated heterocycles. The molecule has 0 aliphatic heterocycles. The number of carboxylic acid groups (broad SMARTS) is 2. The predicted octanol–water partition coefficient (Wildman–Crippen LogP) is -2.93. The van der Waals surface area contributed by atoms with E-state index in [9.17, 15) is 14.7 Å². The molecular weight excluding hydrogens is 283 g/mol. The van der Waals surface area contributed by atoms with Crippen LogP contribution >= 0.6 is 0 Å². The first-order valence-corrected chi connectivity index (χ1v) is 6.83. The fourth-order valence-electron chi connectivity index (χ4n) is 0.779. The normalized spacial score (nSPS) is 8.22. The molecule has 2 N–H and O–H groups in total. The van der Waals surface area contributed by atoms with Gasteiger partial charge in [-0.25, -0.2) is 4.79 Å². The maximum Gasteiger partial charge on any atom is 1.00 e. The van der Waals surface area contributed by atoms with E-state index in [1.807, 2.05) is 0 Å². The largest absolute Gasteiger partial charge is 1.00 e. The summed E-state index contributed by atoms with van der Waals surface area (Å²) >= 11 is 0. The van der Waals surface area contributed by atoms with Crippen LogP contribution in [0, 0.1) is 0 Å². The fraction of sp³-hybridized carbons (Fsp3) is 0.273. The minimum absolute atomic E-state index is 0. The van der Waals surface area contributed by atoms with Gasteiger partial charge in [0.1, 0.15) is 0 Å². The van der Waals surface area contributed by atoms with Crippen LogP contribution < -0.4 is 56.5 Å². The van der Waals surface area contributed by atoms with Gasteiger partial charge in [-0.15, -0.1) is 0 Å². The van der Waals surface area contributed by atoms with Crippen molar-refractivity contribution in [2.24, 2.45) is 0 Å². The monoisotopic (exact) mass is 298 g/mol. The second-order valence-corrected chi connectivity index (χ2v) is 5.85. The van der Waals surface area contributed by atoms with E-state index in [2.05, 4.69) is 18.8 Å². The standard InChI is InChI=1S/C8H6O4.C3H9S.K.H2O/c9-7(10)5-2-1-3-6(4-5)8(11)12;1-4(2)3;;/h1-4H,(H,9,10)(H,11,12);1-3H3;;1H2/q;2*+1;/p-2. The third-order valence-corrected chi connectivity index (χ3v) is 1.35. The molecule has 0 bridgehead atoms. The first-order chi connectivity index (χ1) is 7.34. The minimum Gasteiger partial charge on any atom is -0.870 e. The van der Waals surface area contributed by atoms with Crippen LogP contribution in [0.25, 0.3) is 0 Å². The zero-order valence-corrected chi connectivity index (χ0v) is 14.8. The van der Waals surface area contributed by atoms with Crippen molar-refractivity contribution < 1.29 is 76.7 Å². The van der Waals surface area contributed by atoms with Crippen LogP contribution in [0.2, 0.25) is 0 Å². The molecule has 18 heavy (non-hydrogen) atoms. The molecule has 5 nitrogen and oxygen atoms in total. The molecule has 0 amide bonds. The SMILES string of the molecule is C[S+](C)C.O=C([O-])c1cccc(C(=O)O)c1.[K+].[OH-]. The molecule has 0 heterocycles. The average molecular weight is 298 g/mol. The first-order valence-electron chi connectivity index (χ1n) is 4.38.